The van der Waals surface area contributed by atoms with Crippen molar-refractivity contribution in [2.75, 3.05) is 12.3 Å². The Morgan fingerprint density at radius 2 is 2.19 bits per heavy atom. The molecule has 2 N–H and O–H groups in total. The van der Waals surface area contributed by atoms with Crippen LogP contribution < -0.4 is 5.73 Å². The largest absolute Gasteiger partial charge is 0.399 e. The molecule has 0 aliphatic rings. The SMILES string of the molecule is CC(C)OCC(=O)CCc1cccc(N)c1. The summed E-state index contributed by atoms with van der Waals surface area (Å²) in [5, 5.41) is 0. The van der Waals surface area contributed by atoms with Gasteiger partial charge in [0.2, 0.25) is 0 Å². The molecule has 0 heterocycles. The average molecular weight is 221 g/mol. The second kappa shape index (κ2) is 6.28. The Kier molecular flexibility index (Phi) is 4.99. The second-order valence-electron chi connectivity index (χ2n) is 4.14. The van der Waals surface area contributed by atoms with E-state index in [0.29, 0.717) is 6.42 Å². The number of rotatable bonds is 6. The van der Waals surface area contributed by atoms with Gasteiger partial charge in [-0.25, -0.2) is 0 Å². The van der Waals surface area contributed by atoms with E-state index >= 15 is 0 Å². The molecule has 0 saturated carbocycles. The summed E-state index contributed by atoms with van der Waals surface area (Å²) < 4.78 is 5.24. The standard InChI is InChI=1S/C13H19NO2/c1-10(2)16-9-13(15)7-6-11-4-3-5-12(14)8-11/h3-5,8,10H,6-7,9,14H2,1-2H3. The maximum atomic E-state index is 11.4. The molecule has 1 rings (SSSR count). The molecule has 3 nitrogen and oxygen atoms in total. The van der Waals surface area contributed by atoms with Crippen LogP contribution >= 0.6 is 0 Å². The van der Waals surface area contributed by atoms with Crippen LogP contribution in [-0.4, -0.2) is 18.5 Å². The van der Waals surface area contributed by atoms with Crippen LogP contribution in [0, 0.1) is 0 Å². The molecule has 0 radical (unpaired) electrons. The summed E-state index contributed by atoms with van der Waals surface area (Å²) in [5.74, 6) is 0.135. The molecule has 0 aromatic heterocycles. The van der Waals surface area contributed by atoms with E-state index in [2.05, 4.69) is 0 Å². The van der Waals surface area contributed by atoms with Crippen LogP contribution in [-0.2, 0) is 16.0 Å². The first-order valence-corrected chi connectivity index (χ1v) is 5.55. The number of anilines is 1. The maximum Gasteiger partial charge on any atom is 0.158 e. The molecule has 1 aromatic rings. The minimum Gasteiger partial charge on any atom is -0.399 e. The molecule has 3 heteroatoms. The van der Waals surface area contributed by atoms with Gasteiger partial charge in [0.15, 0.2) is 5.78 Å². The molecule has 0 fully saturated rings. The number of nitrogen functional groups attached to an aromatic ring is 1. The topological polar surface area (TPSA) is 52.3 Å². The lowest BCUT2D eigenvalue weighted by Crippen LogP contribution is -2.13. The number of aryl methyl sites for hydroxylation is 1. The molecule has 0 aliphatic heterocycles. The van der Waals surface area contributed by atoms with E-state index in [-0.39, 0.29) is 18.5 Å². The zero-order valence-corrected chi connectivity index (χ0v) is 9.90. The van der Waals surface area contributed by atoms with Crippen LogP contribution in [0.5, 0.6) is 0 Å². The van der Waals surface area contributed by atoms with E-state index in [1.165, 1.54) is 0 Å². The summed E-state index contributed by atoms with van der Waals surface area (Å²) in [7, 11) is 0. The number of ether oxygens (including phenoxy) is 1. The highest BCUT2D eigenvalue weighted by Crippen LogP contribution is 2.09. The third-order valence-electron chi connectivity index (χ3n) is 2.22. The first-order valence-electron chi connectivity index (χ1n) is 5.55. The average Bonchev–Trinajstić information content (AvgIpc) is 2.23. The number of ketones is 1. The Hall–Kier alpha value is -1.35. The fourth-order valence-electron chi connectivity index (χ4n) is 1.36. The van der Waals surface area contributed by atoms with Crippen LogP contribution in [0.4, 0.5) is 5.69 Å². The molecule has 0 amide bonds. The van der Waals surface area contributed by atoms with Crippen molar-refractivity contribution in [1.82, 2.24) is 0 Å². The van der Waals surface area contributed by atoms with Crippen molar-refractivity contribution in [3.63, 3.8) is 0 Å². The Morgan fingerprint density at radius 3 is 2.81 bits per heavy atom. The minimum atomic E-state index is 0.108. The van der Waals surface area contributed by atoms with Crippen molar-refractivity contribution in [3.8, 4) is 0 Å². The van der Waals surface area contributed by atoms with Crippen LogP contribution in [0.2, 0.25) is 0 Å². The van der Waals surface area contributed by atoms with E-state index in [1.54, 1.807) is 0 Å². The normalized spacial score (nSPS) is 10.7. The summed E-state index contributed by atoms with van der Waals surface area (Å²) in [6, 6.07) is 7.62. The number of carbonyl (C=O) groups is 1. The number of hydrogen-bond acceptors (Lipinski definition) is 3. The van der Waals surface area contributed by atoms with E-state index in [0.717, 1.165) is 17.7 Å². The lowest BCUT2D eigenvalue weighted by Gasteiger charge is -2.06. The second-order valence-corrected chi connectivity index (χ2v) is 4.14. The lowest BCUT2D eigenvalue weighted by molar-refractivity contribution is -0.124. The Morgan fingerprint density at radius 1 is 1.44 bits per heavy atom. The first kappa shape index (κ1) is 12.7. The van der Waals surface area contributed by atoms with Gasteiger partial charge < -0.3 is 10.5 Å². The highest BCUT2D eigenvalue weighted by molar-refractivity contribution is 5.79. The predicted molar refractivity (Wildman–Crippen MR) is 65.3 cm³/mol. The van der Waals surface area contributed by atoms with Crippen molar-refractivity contribution in [2.45, 2.75) is 32.8 Å². The van der Waals surface area contributed by atoms with Crippen LogP contribution in [0.15, 0.2) is 24.3 Å². The van der Waals surface area contributed by atoms with Gasteiger partial charge in [-0.3, -0.25) is 4.79 Å². The summed E-state index contributed by atoms with van der Waals surface area (Å²) in [4.78, 5) is 11.4. The van der Waals surface area contributed by atoms with Gasteiger partial charge >= 0.3 is 0 Å². The fraction of sp³-hybridized carbons (Fsp3) is 0.462. The third-order valence-corrected chi connectivity index (χ3v) is 2.22. The Labute approximate surface area is 96.6 Å². The van der Waals surface area contributed by atoms with E-state index in [4.69, 9.17) is 10.5 Å². The van der Waals surface area contributed by atoms with Gasteiger partial charge in [-0.2, -0.15) is 0 Å². The molecule has 0 bridgehead atoms. The number of carbonyl (C=O) groups excluding carboxylic acids is 1. The number of nitrogens with two attached hydrogens (primary N) is 1. The molecule has 0 atom stereocenters. The highest BCUT2D eigenvalue weighted by atomic mass is 16.5. The molecule has 16 heavy (non-hydrogen) atoms. The smallest absolute Gasteiger partial charge is 0.158 e. The molecule has 0 aliphatic carbocycles. The van der Waals surface area contributed by atoms with Gasteiger partial charge in [0, 0.05) is 12.1 Å². The van der Waals surface area contributed by atoms with E-state index in [9.17, 15) is 4.79 Å². The monoisotopic (exact) mass is 221 g/mol. The summed E-state index contributed by atoms with van der Waals surface area (Å²) in [6.45, 7) is 4.05. The maximum absolute atomic E-state index is 11.4. The molecule has 88 valence electrons. The molecule has 0 saturated heterocycles. The number of hydrogen-bond donors (Lipinski definition) is 1. The zero-order chi connectivity index (χ0) is 12.0. The molecule has 1 aromatic carbocycles. The van der Waals surface area contributed by atoms with Crippen molar-refractivity contribution in [2.24, 2.45) is 0 Å². The number of Topliss-reactive ketones (excluding diaryl/α,β-unsaturated/α-hetero) is 1. The Bertz CT molecular complexity index is 348. The molecular formula is C13H19NO2. The Balaban J connectivity index is 2.31. The van der Waals surface area contributed by atoms with Gasteiger partial charge in [-0.1, -0.05) is 12.1 Å². The zero-order valence-electron chi connectivity index (χ0n) is 9.90. The van der Waals surface area contributed by atoms with Crippen molar-refractivity contribution >= 4 is 11.5 Å². The quantitative estimate of drug-likeness (QED) is 0.749. The van der Waals surface area contributed by atoms with Gasteiger partial charge in [0.25, 0.3) is 0 Å². The predicted octanol–water partition coefficient (Wildman–Crippen LogP) is 2.20. The van der Waals surface area contributed by atoms with Gasteiger partial charge in [-0.05, 0) is 38.0 Å². The molecular weight excluding hydrogens is 202 g/mol. The minimum absolute atomic E-state index is 0.108. The summed E-state index contributed by atoms with van der Waals surface area (Å²) in [6.07, 6.45) is 1.35. The van der Waals surface area contributed by atoms with E-state index in [1.807, 2.05) is 38.1 Å². The summed E-state index contributed by atoms with van der Waals surface area (Å²) in [5.41, 5.74) is 7.49. The lowest BCUT2D eigenvalue weighted by atomic mass is 10.1. The van der Waals surface area contributed by atoms with Gasteiger partial charge in [0.1, 0.15) is 6.61 Å². The molecule has 0 unspecified atom stereocenters. The third kappa shape index (κ3) is 4.94. The van der Waals surface area contributed by atoms with Crippen LogP contribution in [0.3, 0.4) is 0 Å². The fourth-order valence-corrected chi connectivity index (χ4v) is 1.36. The van der Waals surface area contributed by atoms with Crippen molar-refractivity contribution < 1.29 is 9.53 Å². The van der Waals surface area contributed by atoms with Gasteiger partial charge in [-0.15, -0.1) is 0 Å². The number of benzene rings is 1. The van der Waals surface area contributed by atoms with Crippen molar-refractivity contribution in [3.05, 3.63) is 29.8 Å². The highest BCUT2D eigenvalue weighted by Gasteiger charge is 2.04. The first-order chi connectivity index (χ1) is 7.58. The van der Waals surface area contributed by atoms with Crippen LogP contribution in [0.25, 0.3) is 0 Å². The summed E-state index contributed by atoms with van der Waals surface area (Å²) >= 11 is 0. The van der Waals surface area contributed by atoms with Gasteiger partial charge in [0.05, 0.1) is 6.10 Å². The van der Waals surface area contributed by atoms with Crippen LogP contribution in [0.1, 0.15) is 25.8 Å². The van der Waals surface area contributed by atoms with Crippen molar-refractivity contribution in [1.29, 1.82) is 0 Å². The molecule has 0 spiro atoms. The van der Waals surface area contributed by atoms with E-state index < -0.39 is 0 Å².